The highest BCUT2D eigenvalue weighted by Gasteiger charge is 2.30. The van der Waals surface area contributed by atoms with Crippen LogP contribution in [-0.4, -0.2) is 29.6 Å². The summed E-state index contributed by atoms with van der Waals surface area (Å²) >= 11 is 0. The molecule has 0 aromatic heterocycles. The van der Waals surface area contributed by atoms with E-state index in [-0.39, 0.29) is 12.2 Å². The zero-order valence-corrected chi connectivity index (χ0v) is 10.5. The first-order valence-electron chi connectivity index (χ1n) is 5.64. The van der Waals surface area contributed by atoms with Crippen LogP contribution in [0.4, 0.5) is 18.9 Å². The number of carbonyl (C=O) groups is 2. The second kappa shape index (κ2) is 6.38. The minimum Gasteiger partial charge on any atom is -0.392 e. The smallest absolute Gasteiger partial charge is 0.392 e. The second-order valence-electron chi connectivity index (χ2n) is 4.09. The molecule has 0 aliphatic rings. The highest BCUT2D eigenvalue weighted by Crippen LogP contribution is 2.30. The zero-order chi connectivity index (χ0) is 15.3. The number of nitrogens with one attached hydrogen (secondary N) is 2. The SMILES string of the molecule is C[C@@H](O)CNC(=O)C(=O)Nc1cccc(C(F)(F)F)c1. The molecule has 0 spiro atoms. The van der Waals surface area contributed by atoms with E-state index in [4.69, 9.17) is 5.11 Å². The summed E-state index contributed by atoms with van der Waals surface area (Å²) in [6, 6.07) is 3.92. The first kappa shape index (κ1) is 16.0. The average molecular weight is 290 g/mol. The van der Waals surface area contributed by atoms with Gasteiger partial charge in [-0.25, -0.2) is 0 Å². The number of halogens is 3. The molecule has 0 bridgehead atoms. The number of carbonyl (C=O) groups excluding carboxylic acids is 2. The van der Waals surface area contributed by atoms with Gasteiger partial charge in [-0.1, -0.05) is 6.07 Å². The van der Waals surface area contributed by atoms with Crippen molar-refractivity contribution in [3.8, 4) is 0 Å². The molecule has 3 N–H and O–H groups in total. The second-order valence-corrected chi connectivity index (χ2v) is 4.09. The van der Waals surface area contributed by atoms with Gasteiger partial charge < -0.3 is 15.7 Å². The zero-order valence-electron chi connectivity index (χ0n) is 10.5. The van der Waals surface area contributed by atoms with E-state index in [0.717, 1.165) is 18.2 Å². The molecule has 20 heavy (non-hydrogen) atoms. The highest BCUT2D eigenvalue weighted by molar-refractivity contribution is 6.39. The van der Waals surface area contributed by atoms with Gasteiger partial charge in [-0.2, -0.15) is 13.2 Å². The van der Waals surface area contributed by atoms with Crippen LogP contribution in [0.3, 0.4) is 0 Å². The lowest BCUT2D eigenvalue weighted by Gasteiger charge is -2.10. The van der Waals surface area contributed by atoms with Gasteiger partial charge in [0.1, 0.15) is 0 Å². The molecule has 0 radical (unpaired) electrons. The summed E-state index contributed by atoms with van der Waals surface area (Å²) in [7, 11) is 0. The lowest BCUT2D eigenvalue weighted by Crippen LogP contribution is -2.38. The topological polar surface area (TPSA) is 78.4 Å². The predicted molar refractivity (Wildman–Crippen MR) is 64.8 cm³/mol. The molecule has 0 saturated heterocycles. The summed E-state index contributed by atoms with van der Waals surface area (Å²) in [5.41, 5.74) is -1.07. The number of anilines is 1. The van der Waals surface area contributed by atoms with Gasteiger partial charge in [0.05, 0.1) is 11.7 Å². The van der Waals surface area contributed by atoms with Gasteiger partial charge in [0.25, 0.3) is 0 Å². The number of aliphatic hydroxyl groups excluding tert-OH is 1. The third-order valence-corrected chi connectivity index (χ3v) is 2.21. The van der Waals surface area contributed by atoms with Crippen LogP contribution in [0.25, 0.3) is 0 Å². The van der Waals surface area contributed by atoms with Crippen LogP contribution in [-0.2, 0) is 15.8 Å². The molecule has 0 aliphatic carbocycles. The third kappa shape index (κ3) is 4.88. The normalized spacial score (nSPS) is 12.7. The van der Waals surface area contributed by atoms with Crippen LogP contribution in [0.2, 0.25) is 0 Å². The van der Waals surface area contributed by atoms with Crippen LogP contribution in [0.5, 0.6) is 0 Å². The number of hydrogen-bond acceptors (Lipinski definition) is 3. The van der Waals surface area contributed by atoms with E-state index in [1.165, 1.54) is 13.0 Å². The van der Waals surface area contributed by atoms with Crippen LogP contribution >= 0.6 is 0 Å². The number of amides is 2. The molecule has 0 aliphatic heterocycles. The van der Waals surface area contributed by atoms with Crippen molar-refractivity contribution in [3.63, 3.8) is 0 Å². The maximum atomic E-state index is 12.5. The molecular formula is C12H13F3N2O3. The summed E-state index contributed by atoms with van der Waals surface area (Å²) < 4.78 is 37.4. The van der Waals surface area contributed by atoms with Gasteiger partial charge in [-0.15, -0.1) is 0 Å². The Hall–Kier alpha value is -2.09. The van der Waals surface area contributed by atoms with Crippen molar-refractivity contribution in [1.82, 2.24) is 5.32 Å². The van der Waals surface area contributed by atoms with Crippen LogP contribution < -0.4 is 10.6 Å². The van der Waals surface area contributed by atoms with E-state index in [0.29, 0.717) is 0 Å². The molecule has 0 fully saturated rings. The number of aliphatic hydroxyl groups is 1. The summed E-state index contributed by atoms with van der Waals surface area (Å²) in [5, 5.41) is 13.1. The Morgan fingerprint density at radius 1 is 1.30 bits per heavy atom. The van der Waals surface area contributed by atoms with Crippen molar-refractivity contribution >= 4 is 17.5 Å². The summed E-state index contributed by atoms with van der Waals surface area (Å²) in [6.45, 7) is 1.28. The van der Waals surface area contributed by atoms with Gasteiger partial charge >= 0.3 is 18.0 Å². The number of benzene rings is 1. The molecule has 0 heterocycles. The minimum absolute atomic E-state index is 0.130. The Labute approximate surface area is 112 Å². The summed E-state index contributed by atoms with van der Waals surface area (Å²) in [5.74, 6) is -2.15. The molecule has 8 heteroatoms. The first-order chi connectivity index (χ1) is 9.20. The van der Waals surface area contributed by atoms with E-state index >= 15 is 0 Å². The maximum absolute atomic E-state index is 12.5. The largest absolute Gasteiger partial charge is 0.416 e. The molecule has 5 nitrogen and oxygen atoms in total. The van der Waals surface area contributed by atoms with Gasteiger partial charge in [0.2, 0.25) is 0 Å². The summed E-state index contributed by atoms with van der Waals surface area (Å²) in [6.07, 6.45) is -5.37. The van der Waals surface area contributed by atoms with Crippen molar-refractivity contribution in [2.24, 2.45) is 0 Å². The van der Waals surface area contributed by atoms with Gasteiger partial charge in [0.15, 0.2) is 0 Å². The van der Waals surface area contributed by atoms with Crippen LogP contribution in [0, 0.1) is 0 Å². The first-order valence-corrected chi connectivity index (χ1v) is 5.64. The van der Waals surface area contributed by atoms with Crippen molar-refractivity contribution in [1.29, 1.82) is 0 Å². The van der Waals surface area contributed by atoms with E-state index in [2.05, 4.69) is 5.32 Å². The molecule has 1 atom stereocenters. The van der Waals surface area contributed by atoms with Gasteiger partial charge in [0, 0.05) is 12.2 Å². The molecule has 1 aromatic rings. The van der Waals surface area contributed by atoms with Crippen molar-refractivity contribution in [2.75, 3.05) is 11.9 Å². The fourth-order valence-electron chi connectivity index (χ4n) is 1.28. The van der Waals surface area contributed by atoms with Crippen molar-refractivity contribution in [2.45, 2.75) is 19.2 Å². The molecule has 0 unspecified atom stereocenters. The number of rotatable bonds is 3. The third-order valence-electron chi connectivity index (χ3n) is 2.21. The van der Waals surface area contributed by atoms with Crippen molar-refractivity contribution < 1.29 is 27.9 Å². The quantitative estimate of drug-likeness (QED) is 0.730. The molecule has 110 valence electrons. The highest BCUT2D eigenvalue weighted by atomic mass is 19.4. The molecule has 1 aromatic carbocycles. The number of alkyl halides is 3. The monoisotopic (exact) mass is 290 g/mol. The maximum Gasteiger partial charge on any atom is 0.416 e. The Morgan fingerprint density at radius 2 is 1.95 bits per heavy atom. The summed E-state index contributed by atoms with van der Waals surface area (Å²) in [4.78, 5) is 22.7. The standard InChI is InChI=1S/C12H13F3N2O3/c1-7(18)6-16-10(19)11(20)17-9-4-2-3-8(5-9)12(13,14)15/h2-5,7,18H,6H2,1H3,(H,16,19)(H,17,20)/t7-/m1/s1. The molecule has 1 rings (SSSR count). The van der Waals surface area contributed by atoms with Crippen LogP contribution in [0.15, 0.2) is 24.3 Å². The van der Waals surface area contributed by atoms with E-state index in [1.54, 1.807) is 0 Å². The predicted octanol–water partition coefficient (Wildman–Crippen LogP) is 1.14. The van der Waals surface area contributed by atoms with Crippen LogP contribution in [0.1, 0.15) is 12.5 Å². The van der Waals surface area contributed by atoms with Gasteiger partial charge in [-0.3, -0.25) is 9.59 Å². The van der Waals surface area contributed by atoms with E-state index in [9.17, 15) is 22.8 Å². The Kier molecular flexibility index (Phi) is 5.09. The lowest BCUT2D eigenvalue weighted by molar-refractivity contribution is -0.137. The Morgan fingerprint density at radius 3 is 2.50 bits per heavy atom. The average Bonchev–Trinajstić information content (AvgIpc) is 2.35. The number of hydrogen-bond donors (Lipinski definition) is 3. The minimum atomic E-state index is -4.53. The molecule has 0 saturated carbocycles. The van der Waals surface area contributed by atoms with Crippen molar-refractivity contribution in [3.05, 3.63) is 29.8 Å². The lowest BCUT2D eigenvalue weighted by atomic mass is 10.2. The van der Waals surface area contributed by atoms with Gasteiger partial charge in [-0.05, 0) is 25.1 Å². The Balaban J connectivity index is 2.69. The van der Waals surface area contributed by atoms with E-state index in [1.807, 2.05) is 5.32 Å². The molecule has 2 amide bonds. The Bertz CT molecular complexity index is 501. The fourth-order valence-corrected chi connectivity index (χ4v) is 1.28. The van der Waals surface area contributed by atoms with E-state index < -0.39 is 29.7 Å². The molecular weight excluding hydrogens is 277 g/mol. The fraction of sp³-hybridized carbons (Fsp3) is 0.333.